The summed E-state index contributed by atoms with van der Waals surface area (Å²) in [4.78, 5) is 2.40. The first-order valence-corrected chi connectivity index (χ1v) is 6.83. The molecular formula is C17H20N2. The molecule has 0 spiro atoms. The molecule has 2 aromatic rings. The summed E-state index contributed by atoms with van der Waals surface area (Å²) >= 11 is 0. The zero-order chi connectivity index (χ0) is 13.4. The van der Waals surface area contributed by atoms with Crippen LogP contribution in [0.4, 0.5) is 11.4 Å². The van der Waals surface area contributed by atoms with Crippen LogP contribution in [-0.4, -0.2) is 7.05 Å². The Balaban J connectivity index is 1.96. The Morgan fingerprint density at radius 2 is 1.95 bits per heavy atom. The van der Waals surface area contributed by atoms with E-state index < -0.39 is 0 Å². The van der Waals surface area contributed by atoms with Crippen molar-refractivity contribution in [2.45, 2.75) is 25.8 Å². The standard InChI is InChI=1S/C17H20N2/c1-12-5-3-4-6-16(12)19(2)17-10-7-13-11-14(18)8-9-15(13)17/h3-6,8-9,11,17H,7,10,18H2,1-2H3. The summed E-state index contributed by atoms with van der Waals surface area (Å²) in [6, 6.07) is 15.4. The molecule has 1 atom stereocenters. The number of nitrogens with zero attached hydrogens (tertiary/aromatic N) is 1. The molecule has 1 aliphatic rings. The van der Waals surface area contributed by atoms with Gasteiger partial charge in [0.05, 0.1) is 6.04 Å². The van der Waals surface area contributed by atoms with Crippen LogP contribution in [0.25, 0.3) is 0 Å². The molecule has 0 saturated carbocycles. The third kappa shape index (κ3) is 2.07. The van der Waals surface area contributed by atoms with E-state index in [-0.39, 0.29) is 0 Å². The molecule has 2 N–H and O–H groups in total. The Labute approximate surface area is 114 Å². The average molecular weight is 252 g/mol. The van der Waals surface area contributed by atoms with Gasteiger partial charge >= 0.3 is 0 Å². The molecule has 3 rings (SSSR count). The highest BCUT2D eigenvalue weighted by Gasteiger charge is 2.26. The molecule has 0 radical (unpaired) electrons. The van der Waals surface area contributed by atoms with E-state index >= 15 is 0 Å². The van der Waals surface area contributed by atoms with E-state index in [1.54, 1.807) is 0 Å². The van der Waals surface area contributed by atoms with Gasteiger partial charge in [-0.25, -0.2) is 0 Å². The topological polar surface area (TPSA) is 29.3 Å². The van der Waals surface area contributed by atoms with Gasteiger partial charge in [-0.1, -0.05) is 24.3 Å². The summed E-state index contributed by atoms with van der Waals surface area (Å²) in [5, 5.41) is 0. The van der Waals surface area contributed by atoms with Crippen molar-refractivity contribution in [3.63, 3.8) is 0 Å². The van der Waals surface area contributed by atoms with Crippen molar-refractivity contribution in [3.05, 3.63) is 59.2 Å². The Bertz CT molecular complexity index is 604. The van der Waals surface area contributed by atoms with Crippen molar-refractivity contribution in [3.8, 4) is 0 Å². The van der Waals surface area contributed by atoms with Crippen LogP contribution >= 0.6 is 0 Å². The Hall–Kier alpha value is -1.96. The number of nitrogen functional groups attached to an aromatic ring is 1. The van der Waals surface area contributed by atoms with Crippen molar-refractivity contribution in [1.82, 2.24) is 0 Å². The van der Waals surface area contributed by atoms with E-state index in [0.717, 1.165) is 12.1 Å². The molecule has 0 heterocycles. The maximum absolute atomic E-state index is 5.87. The minimum absolute atomic E-state index is 0.469. The molecule has 0 amide bonds. The van der Waals surface area contributed by atoms with E-state index in [9.17, 15) is 0 Å². The molecule has 98 valence electrons. The molecule has 1 aliphatic carbocycles. The van der Waals surface area contributed by atoms with E-state index in [2.05, 4.69) is 55.3 Å². The zero-order valence-electron chi connectivity index (χ0n) is 11.6. The van der Waals surface area contributed by atoms with Crippen LogP contribution in [0.15, 0.2) is 42.5 Å². The molecule has 2 aromatic carbocycles. The van der Waals surface area contributed by atoms with Crippen molar-refractivity contribution >= 4 is 11.4 Å². The fraction of sp³-hybridized carbons (Fsp3) is 0.294. The number of hydrogen-bond acceptors (Lipinski definition) is 2. The fourth-order valence-corrected chi connectivity index (χ4v) is 3.14. The van der Waals surface area contributed by atoms with Crippen LogP contribution < -0.4 is 10.6 Å². The van der Waals surface area contributed by atoms with E-state index in [1.165, 1.54) is 28.8 Å². The molecule has 0 aliphatic heterocycles. The van der Waals surface area contributed by atoms with Gasteiger partial charge < -0.3 is 10.6 Å². The predicted molar refractivity (Wildman–Crippen MR) is 81.5 cm³/mol. The van der Waals surface area contributed by atoms with Crippen LogP contribution in [0.1, 0.15) is 29.2 Å². The Kier molecular flexibility index (Phi) is 2.94. The minimum Gasteiger partial charge on any atom is -0.399 e. The van der Waals surface area contributed by atoms with Crippen LogP contribution in [-0.2, 0) is 6.42 Å². The molecule has 0 bridgehead atoms. The summed E-state index contributed by atoms with van der Waals surface area (Å²) in [5.74, 6) is 0. The quantitative estimate of drug-likeness (QED) is 0.826. The lowest BCUT2D eigenvalue weighted by atomic mass is 10.0. The lowest BCUT2D eigenvalue weighted by molar-refractivity contribution is 0.661. The fourth-order valence-electron chi connectivity index (χ4n) is 3.14. The summed E-state index contributed by atoms with van der Waals surface area (Å²) in [6.07, 6.45) is 2.30. The van der Waals surface area contributed by atoms with Crippen LogP contribution in [0.3, 0.4) is 0 Å². The highest BCUT2D eigenvalue weighted by atomic mass is 15.1. The van der Waals surface area contributed by atoms with Gasteiger partial charge in [-0.3, -0.25) is 0 Å². The zero-order valence-corrected chi connectivity index (χ0v) is 11.6. The molecule has 19 heavy (non-hydrogen) atoms. The van der Waals surface area contributed by atoms with Crippen molar-refractivity contribution in [2.75, 3.05) is 17.7 Å². The first kappa shape index (κ1) is 12.1. The maximum Gasteiger partial charge on any atom is 0.0545 e. The number of aryl methyl sites for hydroxylation is 2. The third-order valence-corrected chi connectivity index (χ3v) is 4.18. The van der Waals surface area contributed by atoms with Crippen LogP contribution in [0.2, 0.25) is 0 Å². The number of para-hydroxylation sites is 1. The molecule has 2 nitrogen and oxygen atoms in total. The van der Waals surface area contributed by atoms with Crippen molar-refractivity contribution < 1.29 is 0 Å². The highest BCUT2D eigenvalue weighted by molar-refractivity contribution is 5.57. The second-order valence-electron chi connectivity index (χ2n) is 5.41. The predicted octanol–water partition coefficient (Wildman–Crippen LogP) is 3.70. The van der Waals surface area contributed by atoms with Crippen molar-refractivity contribution in [2.24, 2.45) is 0 Å². The van der Waals surface area contributed by atoms with Gasteiger partial charge in [0.2, 0.25) is 0 Å². The number of rotatable bonds is 2. The molecule has 2 heteroatoms. The number of fused-ring (bicyclic) bond motifs is 1. The van der Waals surface area contributed by atoms with Gasteiger partial charge in [0.1, 0.15) is 0 Å². The minimum atomic E-state index is 0.469. The van der Waals surface area contributed by atoms with E-state index in [0.29, 0.717) is 6.04 Å². The maximum atomic E-state index is 5.87. The van der Waals surface area contributed by atoms with Gasteiger partial charge in [0, 0.05) is 18.4 Å². The second kappa shape index (κ2) is 4.61. The van der Waals surface area contributed by atoms with Crippen LogP contribution in [0, 0.1) is 6.92 Å². The summed E-state index contributed by atoms with van der Waals surface area (Å²) in [5.41, 5.74) is 12.2. The first-order chi connectivity index (χ1) is 9.16. The summed E-state index contributed by atoms with van der Waals surface area (Å²) in [6.45, 7) is 2.17. The monoisotopic (exact) mass is 252 g/mol. The SMILES string of the molecule is Cc1ccccc1N(C)C1CCc2cc(N)ccc21. The normalized spacial score (nSPS) is 17.3. The molecular weight excluding hydrogens is 232 g/mol. The molecule has 0 fully saturated rings. The highest BCUT2D eigenvalue weighted by Crippen LogP contribution is 2.38. The largest absolute Gasteiger partial charge is 0.399 e. The number of anilines is 2. The van der Waals surface area contributed by atoms with Crippen molar-refractivity contribution in [1.29, 1.82) is 0 Å². The van der Waals surface area contributed by atoms with Gasteiger partial charge in [-0.05, 0) is 54.7 Å². The summed E-state index contributed by atoms with van der Waals surface area (Å²) in [7, 11) is 2.19. The number of nitrogens with two attached hydrogens (primary N) is 1. The summed E-state index contributed by atoms with van der Waals surface area (Å²) < 4.78 is 0. The Morgan fingerprint density at radius 1 is 1.16 bits per heavy atom. The van der Waals surface area contributed by atoms with E-state index in [1.807, 2.05) is 6.07 Å². The van der Waals surface area contributed by atoms with Gasteiger partial charge in [0.15, 0.2) is 0 Å². The first-order valence-electron chi connectivity index (χ1n) is 6.83. The number of hydrogen-bond donors (Lipinski definition) is 1. The van der Waals surface area contributed by atoms with Gasteiger partial charge in [-0.15, -0.1) is 0 Å². The molecule has 1 unspecified atom stereocenters. The molecule has 0 aromatic heterocycles. The Morgan fingerprint density at radius 3 is 2.74 bits per heavy atom. The average Bonchev–Trinajstić information content (AvgIpc) is 2.81. The third-order valence-electron chi connectivity index (χ3n) is 4.18. The lowest BCUT2D eigenvalue weighted by Gasteiger charge is -2.29. The second-order valence-corrected chi connectivity index (χ2v) is 5.41. The smallest absolute Gasteiger partial charge is 0.0545 e. The van der Waals surface area contributed by atoms with Gasteiger partial charge in [0.25, 0.3) is 0 Å². The van der Waals surface area contributed by atoms with Gasteiger partial charge in [-0.2, -0.15) is 0 Å². The van der Waals surface area contributed by atoms with E-state index in [4.69, 9.17) is 5.73 Å². The molecule has 0 saturated heterocycles. The number of benzene rings is 2. The van der Waals surface area contributed by atoms with Crippen LogP contribution in [0.5, 0.6) is 0 Å². The lowest BCUT2D eigenvalue weighted by Crippen LogP contribution is -2.22.